The first-order valence-electron chi connectivity index (χ1n) is 9.02. The Kier molecular flexibility index (Phi) is 4.64. The largest absolute Gasteiger partial charge is 0.481 e. The van der Waals surface area contributed by atoms with Crippen LogP contribution in [0.1, 0.15) is 18.9 Å². The zero-order valence-corrected chi connectivity index (χ0v) is 15.6. The first-order valence-corrected chi connectivity index (χ1v) is 9.02. The highest BCUT2D eigenvalue weighted by molar-refractivity contribution is 5.98. The normalized spacial score (nSPS) is 16.9. The van der Waals surface area contributed by atoms with E-state index in [0.29, 0.717) is 41.5 Å². The summed E-state index contributed by atoms with van der Waals surface area (Å²) in [6, 6.07) is 3.64. The summed E-state index contributed by atoms with van der Waals surface area (Å²) in [6.45, 7) is 4.85. The Balaban J connectivity index is 1.80. The van der Waals surface area contributed by atoms with E-state index in [1.165, 1.54) is 12.4 Å². The van der Waals surface area contributed by atoms with Gasteiger partial charge in [-0.05, 0) is 25.0 Å². The van der Waals surface area contributed by atoms with Crippen molar-refractivity contribution in [2.24, 2.45) is 0 Å². The predicted octanol–water partition coefficient (Wildman–Crippen LogP) is 1.83. The number of likely N-dealkylation sites (tertiary alicyclic amines) is 1. The fourth-order valence-corrected chi connectivity index (χ4v) is 3.58. The van der Waals surface area contributed by atoms with Gasteiger partial charge in [0.2, 0.25) is 11.8 Å². The van der Waals surface area contributed by atoms with Gasteiger partial charge in [-0.1, -0.05) is 6.58 Å². The van der Waals surface area contributed by atoms with Crippen molar-refractivity contribution in [2.75, 3.05) is 25.9 Å². The van der Waals surface area contributed by atoms with Crippen molar-refractivity contribution in [1.82, 2.24) is 29.6 Å². The average Bonchev–Trinajstić information content (AvgIpc) is 3.14. The van der Waals surface area contributed by atoms with Crippen LogP contribution in [-0.4, -0.2) is 55.7 Å². The van der Waals surface area contributed by atoms with Gasteiger partial charge in [-0.15, -0.1) is 0 Å². The van der Waals surface area contributed by atoms with E-state index < -0.39 is 0 Å². The summed E-state index contributed by atoms with van der Waals surface area (Å²) in [4.78, 5) is 26.7. The van der Waals surface area contributed by atoms with E-state index in [4.69, 9.17) is 15.6 Å². The molecule has 0 spiro atoms. The molecule has 1 aliphatic rings. The Labute approximate surface area is 161 Å². The lowest BCUT2D eigenvalue weighted by Gasteiger charge is -2.32. The van der Waals surface area contributed by atoms with Crippen molar-refractivity contribution in [3.63, 3.8) is 0 Å². The quantitative estimate of drug-likeness (QED) is 0.688. The minimum Gasteiger partial charge on any atom is -0.481 e. The summed E-state index contributed by atoms with van der Waals surface area (Å²) in [5.74, 6) is 0.800. The lowest BCUT2D eigenvalue weighted by molar-refractivity contribution is -0.127. The van der Waals surface area contributed by atoms with Crippen LogP contribution in [0.15, 0.2) is 37.3 Å². The number of ether oxygens (including phenoxy) is 1. The molecule has 9 nitrogen and oxygen atoms in total. The second kappa shape index (κ2) is 7.26. The van der Waals surface area contributed by atoms with E-state index in [2.05, 4.69) is 21.5 Å². The molecule has 0 aromatic carbocycles. The van der Waals surface area contributed by atoms with Gasteiger partial charge in [-0.3, -0.25) is 4.79 Å². The number of fused-ring (bicyclic) bond motifs is 1. The maximum atomic E-state index is 12.1. The summed E-state index contributed by atoms with van der Waals surface area (Å²) >= 11 is 0. The van der Waals surface area contributed by atoms with Gasteiger partial charge >= 0.3 is 0 Å². The van der Waals surface area contributed by atoms with Crippen LogP contribution in [-0.2, 0) is 4.79 Å². The smallest absolute Gasteiger partial charge is 0.246 e. The number of piperidine rings is 1. The van der Waals surface area contributed by atoms with Crippen LogP contribution in [0.3, 0.4) is 0 Å². The van der Waals surface area contributed by atoms with E-state index >= 15 is 0 Å². The maximum Gasteiger partial charge on any atom is 0.246 e. The summed E-state index contributed by atoms with van der Waals surface area (Å²) in [5.41, 5.74) is 8.27. The lowest BCUT2D eigenvalue weighted by Crippen LogP contribution is -2.40. The SMILES string of the molecule is C=CC(=O)N1CCC[C@@H](n2nc(-c3ccc(OC)nc3)c3c(N)ncnc32)C1. The fourth-order valence-electron chi connectivity index (χ4n) is 3.58. The van der Waals surface area contributed by atoms with Gasteiger partial charge in [0.15, 0.2) is 5.65 Å². The minimum absolute atomic E-state index is 0.00518. The number of nitrogens with zero attached hydrogens (tertiary/aromatic N) is 6. The summed E-state index contributed by atoms with van der Waals surface area (Å²) in [5, 5.41) is 5.49. The number of rotatable bonds is 4. The molecule has 9 heteroatoms. The standard InChI is InChI=1S/C19H21N7O2/c1-3-15(27)25-8-4-5-13(10-25)26-19-16(18(20)22-11-23-19)17(24-26)12-6-7-14(28-2)21-9-12/h3,6-7,9,11,13H,1,4-5,8,10H2,2H3,(H2,20,22,23)/t13-/m1/s1. The number of aromatic nitrogens is 5. The number of hydrogen-bond acceptors (Lipinski definition) is 7. The second-order valence-electron chi connectivity index (χ2n) is 6.62. The van der Waals surface area contributed by atoms with Crippen LogP contribution in [0.5, 0.6) is 5.88 Å². The number of amides is 1. The molecule has 3 aromatic heterocycles. The molecule has 1 atom stereocenters. The minimum atomic E-state index is -0.0742. The Morgan fingerprint density at radius 1 is 1.36 bits per heavy atom. The van der Waals surface area contributed by atoms with E-state index in [-0.39, 0.29) is 11.9 Å². The molecule has 1 amide bonds. The molecule has 1 aliphatic heterocycles. The van der Waals surface area contributed by atoms with E-state index in [1.54, 1.807) is 24.3 Å². The first kappa shape index (κ1) is 17.9. The van der Waals surface area contributed by atoms with Crippen molar-refractivity contribution < 1.29 is 9.53 Å². The number of methoxy groups -OCH3 is 1. The Morgan fingerprint density at radius 2 is 2.21 bits per heavy atom. The Morgan fingerprint density at radius 3 is 2.93 bits per heavy atom. The summed E-state index contributed by atoms with van der Waals surface area (Å²) in [6.07, 6.45) is 6.23. The molecule has 2 N–H and O–H groups in total. The molecule has 28 heavy (non-hydrogen) atoms. The third kappa shape index (κ3) is 3.04. The number of carbonyl (C=O) groups excluding carboxylic acids is 1. The molecule has 1 fully saturated rings. The molecule has 0 radical (unpaired) electrons. The van der Waals surface area contributed by atoms with Gasteiger partial charge in [0.05, 0.1) is 18.5 Å². The van der Waals surface area contributed by atoms with Gasteiger partial charge in [0.1, 0.15) is 17.8 Å². The number of nitrogens with two attached hydrogens (primary N) is 1. The van der Waals surface area contributed by atoms with Crippen LogP contribution in [0.4, 0.5) is 5.82 Å². The van der Waals surface area contributed by atoms with Crippen molar-refractivity contribution in [3.8, 4) is 17.1 Å². The zero-order chi connectivity index (χ0) is 19.7. The van der Waals surface area contributed by atoms with Gasteiger partial charge in [-0.25, -0.2) is 19.6 Å². The average molecular weight is 379 g/mol. The fraction of sp³-hybridized carbons (Fsp3) is 0.316. The highest BCUT2D eigenvalue weighted by Gasteiger charge is 2.28. The Bertz CT molecular complexity index is 1030. The highest BCUT2D eigenvalue weighted by Crippen LogP contribution is 2.33. The highest BCUT2D eigenvalue weighted by atomic mass is 16.5. The van der Waals surface area contributed by atoms with Gasteiger partial charge in [0, 0.05) is 30.9 Å². The Hall–Kier alpha value is -3.49. The summed E-state index contributed by atoms with van der Waals surface area (Å²) in [7, 11) is 1.57. The molecular weight excluding hydrogens is 358 g/mol. The van der Waals surface area contributed by atoms with Crippen molar-refractivity contribution in [2.45, 2.75) is 18.9 Å². The van der Waals surface area contributed by atoms with E-state index in [1.807, 2.05) is 10.7 Å². The lowest BCUT2D eigenvalue weighted by atomic mass is 10.1. The molecule has 0 saturated carbocycles. The van der Waals surface area contributed by atoms with Crippen LogP contribution in [0.2, 0.25) is 0 Å². The molecule has 1 saturated heterocycles. The second-order valence-corrected chi connectivity index (χ2v) is 6.62. The molecular formula is C19H21N7O2. The van der Waals surface area contributed by atoms with Crippen molar-refractivity contribution in [1.29, 1.82) is 0 Å². The molecule has 3 aromatic rings. The van der Waals surface area contributed by atoms with Gasteiger partial charge in [0.25, 0.3) is 0 Å². The topological polar surface area (TPSA) is 112 Å². The number of hydrogen-bond donors (Lipinski definition) is 1. The zero-order valence-electron chi connectivity index (χ0n) is 15.6. The number of nitrogen functional groups attached to an aromatic ring is 1. The van der Waals surface area contributed by atoms with Gasteiger partial charge in [-0.2, -0.15) is 5.10 Å². The molecule has 0 bridgehead atoms. The molecule has 0 unspecified atom stereocenters. The van der Waals surface area contributed by atoms with Gasteiger partial charge < -0.3 is 15.4 Å². The molecule has 144 valence electrons. The van der Waals surface area contributed by atoms with Crippen LogP contribution < -0.4 is 10.5 Å². The van der Waals surface area contributed by atoms with Crippen molar-refractivity contribution in [3.05, 3.63) is 37.3 Å². The third-order valence-corrected chi connectivity index (χ3v) is 4.97. The van der Waals surface area contributed by atoms with E-state index in [0.717, 1.165) is 18.4 Å². The van der Waals surface area contributed by atoms with Crippen LogP contribution in [0, 0.1) is 0 Å². The van der Waals surface area contributed by atoms with Crippen LogP contribution in [0.25, 0.3) is 22.3 Å². The predicted molar refractivity (Wildman–Crippen MR) is 105 cm³/mol. The third-order valence-electron chi connectivity index (χ3n) is 4.97. The monoisotopic (exact) mass is 379 g/mol. The number of carbonyl (C=O) groups is 1. The first-order chi connectivity index (χ1) is 13.6. The molecule has 4 heterocycles. The van der Waals surface area contributed by atoms with Crippen LogP contribution >= 0.6 is 0 Å². The maximum absolute atomic E-state index is 12.1. The van der Waals surface area contributed by atoms with Crippen molar-refractivity contribution >= 4 is 22.8 Å². The molecule has 0 aliphatic carbocycles. The number of pyridine rings is 1. The van der Waals surface area contributed by atoms with E-state index in [9.17, 15) is 4.79 Å². The molecule has 4 rings (SSSR count). The summed E-state index contributed by atoms with van der Waals surface area (Å²) < 4.78 is 6.99. The number of anilines is 1.